The number of anilines is 2. The third kappa shape index (κ3) is 6.16. The van der Waals surface area contributed by atoms with E-state index in [2.05, 4.69) is 15.6 Å². The Balaban J connectivity index is 1.58. The van der Waals surface area contributed by atoms with E-state index in [1.165, 1.54) is 11.3 Å². The molecule has 0 aliphatic heterocycles. The second-order valence-electron chi connectivity index (χ2n) is 6.04. The van der Waals surface area contributed by atoms with Crippen LogP contribution in [0.4, 0.5) is 10.8 Å². The number of aliphatic hydroxyl groups is 1. The maximum Gasteiger partial charge on any atom is 0.230 e. The first kappa shape index (κ1) is 15.2. The van der Waals surface area contributed by atoms with Crippen LogP contribution in [0.2, 0.25) is 0 Å². The molecule has 0 radical (unpaired) electrons. The molecule has 0 fully saturated rings. The van der Waals surface area contributed by atoms with Gasteiger partial charge in [0.2, 0.25) is 5.91 Å². The fourth-order valence-electron chi connectivity index (χ4n) is 2.46. The van der Waals surface area contributed by atoms with Crippen molar-refractivity contribution >= 4 is 28.1 Å². The Labute approximate surface area is 174 Å². The zero-order valence-electron chi connectivity index (χ0n) is 19.1. The van der Waals surface area contributed by atoms with Gasteiger partial charge in [-0.05, 0) is 36.2 Å². The maximum atomic E-state index is 12.1. The summed E-state index contributed by atoms with van der Waals surface area (Å²) in [6.45, 7) is -4.52. The second-order valence-corrected chi connectivity index (χ2v) is 6.92. The largest absolute Gasteiger partial charge is 0.387 e. The summed E-state index contributed by atoms with van der Waals surface area (Å²) in [5.74, 6) is -0.247. The summed E-state index contributed by atoms with van der Waals surface area (Å²) in [5.41, 5.74) is 7.64. The summed E-state index contributed by atoms with van der Waals surface area (Å²) in [6, 6.07) is 14.9. The van der Waals surface area contributed by atoms with Gasteiger partial charge in [-0.3, -0.25) is 4.79 Å². The minimum Gasteiger partial charge on any atom is -0.387 e. The first-order chi connectivity index (χ1) is 15.0. The zero-order valence-corrected chi connectivity index (χ0v) is 15.9. The van der Waals surface area contributed by atoms with E-state index in [1.807, 2.05) is 0 Å². The lowest BCUT2D eigenvalue weighted by Crippen LogP contribution is -2.23. The van der Waals surface area contributed by atoms with Crippen LogP contribution < -0.4 is 16.4 Å². The van der Waals surface area contributed by atoms with Crippen LogP contribution in [-0.2, 0) is 17.6 Å². The van der Waals surface area contributed by atoms with Gasteiger partial charge in [-0.1, -0.05) is 42.5 Å². The molecule has 0 saturated carbocycles. The summed E-state index contributed by atoms with van der Waals surface area (Å²) in [4.78, 5) is 16.2. The normalized spacial score (nSPS) is 15.0. The highest BCUT2D eigenvalue weighted by Crippen LogP contribution is 2.14. The molecule has 146 valence electrons. The number of benzene rings is 2. The molecule has 0 spiro atoms. The van der Waals surface area contributed by atoms with Crippen LogP contribution in [0.5, 0.6) is 0 Å². The Kier molecular flexibility index (Phi) is 5.42. The molecule has 0 unspecified atom stereocenters. The topological polar surface area (TPSA) is 100 Å². The van der Waals surface area contributed by atoms with Crippen LogP contribution >= 0.6 is 11.3 Å². The molecule has 1 amide bonds. The van der Waals surface area contributed by atoms with E-state index in [9.17, 15) is 9.90 Å². The Morgan fingerprint density at radius 1 is 1.21 bits per heavy atom. The van der Waals surface area contributed by atoms with Crippen LogP contribution in [0.25, 0.3) is 0 Å². The third-order valence-corrected chi connectivity index (χ3v) is 4.58. The summed E-state index contributed by atoms with van der Waals surface area (Å²) in [6.07, 6.45) is -1.58. The number of hydrogen-bond donors (Lipinski definition) is 4. The lowest BCUT2D eigenvalue weighted by Gasteiger charge is -2.12. The molecular formula is C21H24N4O2S. The quantitative estimate of drug-likeness (QED) is 0.443. The molecule has 7 heteroatoms. The highest BCUT2D eigenvalue weighted by molar-refractivity contribution is 7.13. The Hall–Kier alpha value is -2.74. The molecule has 1 heterocycles. The van der Waals surface area contributed by atoms with Crippen molar-refractivity contribution in [3.8, 4) is 0 Å². The van der Waals surface area contributed by atoms with Gasteiger partial charge in [0.15, 0.2) is 5.13 Å². The summed E-state index contributed by atoms with van der Waals surface area (Å²) >= 11 is 1.27. The number of nitrogens with zero attached hydrogens (tertiary/aromatic N) is 1. The minimum atomic E-state index is -2.39. The summed E-state index contributed by atoms with van der Waals surface area (Å²) < 4.78 is 32.6. The van der Waals surface area contributed by atoms with Crippen molar-refractivity contribution in [2.24, 2.45) is 0 Å². The molecule has 3 rings (SSSR count). The van der Waals surface area contributed by atoms with Gasteiger partial charge in [-0.15, -0.1) is 11.3 Å². The SMILES string of the molecule is [2H]C([2H])(Cc1ccc(NC(=O)Cc2csc(N)n2)cc1)NC([2H])([2H])[C@@H](O)c1ccccc1. The van der Waals surface area contributed by atoms with Gasteiger partial charge < -0.3 is 21.5 Å². The first-order valence-corrected chi connectivity index (χ1v) is 9.53. The zero-order chi connectivity index (χ0) is 23.4. The smallest absolute Gasteiger partial charge is 0.230 e. The van der Waals surface area contributed by atoms with Crippen LogP contribution in [0, 0.1) is 0 Å². The predicted octanol–water partition coefficient (Wildman–Crippen LogP) is 2.77. The van der Waals surface area contributed by atoms with Crippen molar-refractivity contribution in [2.75, 3.05) is 24.0 Å². The number of aliphatic hydroxyl groups excluding tert-OH is 1. The van der Waals surface area contributed by atoms with Gasteiger partial charge in [-0.2, -0.15) is 0 Å². The fourth-order valence-corrected chi connectivity index (χ4v) is 3.03. The van der Waals surface area contributed by atoms with Gasteiger partial charge in [0, 0.05) is 23.0 Å². The summed E-state index contributed by atoms with van der Waals surface area (Å²) in [5, 5.41) is 17.5. The van der Waals surface area contributed by atoms with E-state index in [-0.39, 0.29) is 18.7 Å². The third-order valence-electron chi connectivity index (χ3n) is 3.85. The number of aryl methyl sites for hydroxylation is 1. The fraction of sp³-hybridized carbons (Fsp3) is 0.238. The number of rotatable bonds is 9. The van der Waals surface area contributed by atoms with E-state index in [0.29, 0.717) is 27.6 Å². The Morgan fingerprint density at radius 2 is 1.96 bits per heavy atom. The van der Waals surface area contributed by atoms with E-state index >= 15 is 0 Å². The summed E-state index contributed by atoms with van der Waals surface area (Å²) in [7, 11) is 0. The number of thiazole rings is 1. The lowest BCUT2D eigenvalue weighted by atomic mass is 10.1. The Bertz CT molecular complexity index is 1050. The molecule has 0 bridgehead atoms. The molecule has 2 aromatic carbocycles. The highest BCUT2D eigenvalue weighted by Gasteiger charge is 2.08. The number of nitrogen functional groups attached to an aromatic ring is 1. The van der Waals surface area contributed by atoms with Crippen molar-refractivity contribution in [1.29, 1.82) is 0 Å². The average Bonchev–Trinajstić information content (AvgIpc) is 3.13. The Morgan fingerprint density at radius 3 is 2.64 bits per heavy atom. The molecule has 6 nitrogen and oxygen atoms in total. The molecule has 1 aromatic heterocycles. The number of amides is 1. The first-order valence-electron chi connectivity index (χ1n) is 10.7. The van der Waals surface area contributed by atoms with Crippen molar-refractivity contribution in [1.82, 2.24) is 10.3 Å². The monoisotopic (exact) mass is 400 g/mol. The maximum absolute atomic E-state index is 12.1. The number of nitrogens with one attached hydrogen (secondary N) is 2. The van der Waals surface area contributed by atoms with Crippen molar-refractivity contribution in [2.45, 2.75) is 18.9 Å². The van der Waals surface area contributed by atoms with Gasteiger partial charge in [0.25, 0.3) is 0 Å². The molecule has 28 heavy (non-hydrogen) atoms. The van der Waals surface area contributed by atoms with Gasteiger partial charge in [-0.25, -0.2) is 4.98 Å². The van der Waals surface area contributed by atoms with Gasteiger partial charge in [0.1, 0.15) is 0 Å². The van der Waals surface area contributed by atoms with Crippen molar-refractivity contribution in [3.05, 3.63) is 76.8 Å². The van der Waals surface area contributed by atoms with Crippen LogP contribution in [-0.4, -0.2) is 29.0 Å². The molecule has 3 aromatic rings. The minimum absolute atomic E-state index is 0.0980. The molecular weight excluding hydrogens is 372 g/mol. The highest BCUT2D eigenvalue weighted by atomic mass is 32.1. The van der Waals surface area contributed by atoms with Crippen molar-refractivity contribution in [3.63, 3.8) is 0 Å². The van der Waals surface area contributed by atoms with Crippen LogP contribution in [0.15, 0.2) is 60.0 Å². The number of carbonyl (C=O) groups is 1. The predicted molar refractivity (Wildman–Crippen MR) is 113 cm³/mol. The van der Waals surface area contributed by atoms with Crippen molar-refractivity contribution < 1.29 is 15.4 Å². The molecule has 0 saturated heterocycles. The van der Waals surface area contributed by atoms with Crippen LogP contribution in [0.1, 0.15) is 28.4 Å². The number of hydrogen-bond acceptors (Lipinski definition) is 6. The standard InChI is InChI=1S/C21H24N4O2S/c22-21-25-18(14-28-21)12-20(27)24-17-8-6-15(7-9-17)10-11-23-13-19(26)16-4-2-1-3-5-16/h1-9,14,19,23,26H,10-13H2,(H2,22,25)(H,24,27)/t19-/m1/s1/i11D2,13D2. The van der Waals surface area contributed by atoms with Gasteiger partial charge >= 0.3 is 0 Å². The second kappa shape index (κ2) is 9.98. The number of aromatic nitrogens is 1. The van der Waals surface area contributed by atoms with Gasteiger partial charge in [0.05, 0.1) is 18.2 Å². The molecule has 1 atom stereocenters. The van der Waals surface area contributed by atoms with E-state index in [1.54, 1.807) is 60.0 Å². The molecule has 0 aliphatic carbocycles. The van der Waals surface area contributed by atoms with E-state index in [4.69, 9.17) is 11.2 Å². The van der Waals surface area contributed by atoms with E-state index < -0.39 is 19.1 Å². The van der Waals surface area contributed by atoms with E-state index in [0.717, 1.165) is 0 Å². The molecule has 5 N–H and O–H groups in total. The lowest BCUT2D eigenvalue weighted by molar-refractivity contribution is -0.115. The average molecular weight is 401 g/mol. The number of carbonyl (C=O) groups excluding carboxylic acids is 1. The van der Waals surface area contributed by atoms with Crippen LogP contribution in [0.3, 0.4) is 0 Å². The number of nitrogens with two attached hydrogens (primary N) is 1. The molecule has 0 aliphatic rings.